The van der Waals surface area contributed by atoms with E-state index in [4.69, 9.17) is 0 Å². The largest absolute Gasteiger partial charge is 0.311 e. The summed E-state index contributed by atoms with van der Waals surface area (Å²) in [4.78, 5) is 0. The minimum atomic E-state index is 0.752. The van der Waals surface area contributed by atoms with Crippen LogP contribution in [0.1, 0.15) is 19.0 Å². The second-order valence-corrected chi connectivity index (χ2v) is 5.80. The van der Waals surface area contributed by atoms with Crippen LogP contribution in [0.2, 0.25) is 0 Å². The second kappa shape index (κ2) is 6.37. The number of rotatable bonds is 5. The maximum atomic E-state index is 4.26. The maximum absolute atomic E-state index is 4.26. The van der Waals surface area contributed by atoms with Gasteiger partial charge in [0.2, 0.25) is 0 Å². The van der Waals surface area contributed by atoms with E-state index in [1.807, 2.05) is 29.1 Å². The van der Waals surface area contributed by atoms with Crippen LogP contribution in [0.25, 0.3) is 16.5 Å². The first kappa shape index (κ1) is 14.2. The predicted octanol–water partition coefficient (Wildman–Crippen LogP) is 3.68. The average molecular weight is 345 g/mol. The van der Waals surface area contributed by atoms with Gasteiger partial charge in [-0.25, -0.2) is 4.68 Å². The predicted molar refractivity (Wildman–Crippen MR) is 88.6 cm³/mol. The lowest BCUT2D eigenvalue weighted by molar-refractivity contribution is 0.662. The molecule has 0 spiro atoms. The molecule has 0 saturated heterocycles. The third-order valence-corrected chi connectivity index (χ3v) is 4.06. The summed E-state index contributed by atoms with van der Waals surface area (Å²) in [6.07, 6.45) is 3.10. The molecule has 0 bridgehead atoms. The van der Waals surface area contributed by atoms with Crippen molar-refractivity contribution in [3.63, 3.8) is 0 Å². The van der Waals surface area contributed by atoms with E-state index in [2.05, 4.69) is 56.7 Å². The normalized spacial score (nSPS) is 11.1. The minimum absolute atomic E-state index is 0.752. The van der Waals surface area contributed by atoms with Crippen LogP contribution in [-0.4, -0.2) is 21.5 Å². The van der Waals surface area contributed by atoms with Crippen LogP contribution in [0.3, 0.4) is 0 Å². The fourth-order valence-electron chi connectivity index (χ4n) is 2.34. The van der Waals surface area contributed by atoms with Crippen LogP contribution in [0.5, 0.6) is 0 Å². The summed E-state index contributed by atoms with van der Waals surface area (Å²) in [5, 5.41) is 14.2. The van der Waals surface area contributed by atoms with Gasteiger partial charge in [0.25, 0.3) is 0 Å². The molecule has 0 aliphatic carbocycles. The Kier molecular flexibility index (Phi) is 4.31. The molecular formula is C16H17BrN4. The van der Waals surface area contributed by atoms with Crippen molar-refractivity contribution in [1.29, 1.82) is 0 Å². The van der Waals surface area contributed by atoms with Gasteiger partial charge in [0.05, 0.1) is 17.6 Å². The third-order valence-electron chi connectivity index (χ3n) is 3.37. The number of hydrogen-bond donors (Lipinski definition) is 1. The molecule has 4 nitrogen and oxygen atoms in total. The smallest absolute Gasteiger partial charge is 0.0969 e. The zero-order valence-corrected chi connectivity index (χ0v) is 13.5. The Bertz CT molecular complexity index is 751. The highest BCUT2D eigenvalue weighted by Crippen LogP contribution is 2.28. The number of nitrogens with one attached hydrogen (secondary N) is 1. The fourth-order valence-corrected chi connectivity index (χ4v) is 2.81. The number of benzene rings is 2. The van der Waals surface area contributed by atoms with Gasteiger partial charge in [-0.2, -0.15) is 0 Å². The second-order valence-electron chi connectivity index (χ2n) is 4.94. The van der Waals surface area contributed by atoms with Crippen molar-refractivity contribution in [3.8, 4) is 5.69 Å². The quantitative estimate of drug-likeness (QED) is 0.718. The summed E-state index contributed by atoms with van der Waals surface area (Å²) >= 11 is 3.60. The van der Waals surface area contributed by atoms with E-state index in [1.165, 1.54) is 5.39 Å². The van der Waals surface area contributed by atoms with Gasteiger partial charge in [0.15, 0.2) is 0 Å². The lowest BCUT2D eigenvalue weighted by Crippen LogP contribution is -2.13. The molecule has 1 heterocycles. The van der Waals surface area contributed by atoms with E-state index < -0.39 is 0 Å². The summed E-state index contributed by atoms with van der Waals surface area (Å²) in [5.74, 6) is 0. The Labute approximate surface area is 132 Å². The molecule has 1 aromatic heterocycles. The van der Waals surface area contributed by atoms with E-state index in [9.17, 15) is 0 Å². The van der Waals surface area contributed by atoms with Crippen LogP contribution in [0.4, 0.5) is 0 Å². The van der Waals surface area contributed by atoms with Gasteiger partial charge in [-0.05, 0) is 30.5 Å². The lowest BCUT2D eigenvalue weighted by Gasteiger charge is -2.07. The highest BCUT2D eigenvalue weighted by atomic mass is 79.9. The SMILES string of the molecule is CCCNCc1cn(-c2ccc(Br)c3ccccc23)nn1. The molecule has 21 heavy (non-hydrogen) atoms. The molecule has 0 unspecified atom stereocenters. The van der Waals surface area contributed by atoms with Crippen molar-refractivity contribution < 1.29 is 0 Å². The van der Waals surface area contributed by atoms with E-state index in [1.54, 1.807) is 0 Å². The molecule has 0 aliphatic heterocycles. The first-order chi connectivity index (χ1) is 10.3. The van der Waals surface area contributed by atoms with Crippen molar-refractivity contribution in [1.82, 2.24) is 20.3 Å². The molecule has 0 saturated carbocycles. The Hall–Kier alpha value is -1.72. The number of aromatic nitrogens is 3. The monoisotopic (exact) mass is 344 g/mol. The number of hydrogen-bond acceptors (Lipinski definition) is 3. The van der Waals surface area contributed by atoms with Crippen LogP contribution < -0.4 is 5.32 Å². The van der Waals surface area contributed by atoms with Crippen molar-refractivity contribution in [2.24, 2.45) is 0 Å². The summed E-state index contributed by atoms with van der Waals surface area (Å²) < 4.78 is 2.93. The van der Waals surface area contributed by atoms with Gasteiger partial charge in [-0.1, -0.05) is 52.3 Å². The molecule has 0 amide bonds. The highest BCUT2D eigenvalue weighted by Gasteiger charge is 2.08. The molecule has 108 valence electrons. The topological polar surface area (TPSA) is 42.7 Å². The van der Waals surface area contributed by atoms with Crippen LogP contribution in [0.15, 0.2) is 47.1 Å². The van der Waals surface area contributed by atoms with E-state index in [0.717, 1.165) is 40.8 Å². The summed E-state index contributed by atoms with van der Waals surface area (Å²) in [5.41, 5.74) is 2.00. The van der Waals surface area contributed by atoms with Gasteiger partial charge < -0.3 is 5.32 Å². The Morgan fingerprint density at radius 2 is 1.95 bits per heavy atom. The molecule has 0 radical (unpaired) electrons. The minimum Gasteiger partial charge on any atom is -0.311 e. The average Bonchev–Trinajstić information content (AvgIpc) is 2.97. The Morgan fingerprint density at radius 1 is 1.14 bits per heavy atom. The van der Waals surface area contributed by atoms with Crippen molar-refractivity contribution in [3.05, 3.63) is 52.8 Å². The molecule has 3 rings (SSSR count). The van der Waals surface area contributed by atoms with Crippen molar-refractivity contribution in [2.45, 2.75) is 19.9 Å². The number of fused-ring (bicyclic) bond motifs is 1. The molecule has 0 fully saturated rings. The van der Waals surface area contributed by atoms with Gasteiger partial charge in [-0.3, -0.25) is 0 Å². The van der Waals surface area contributed by atoms with Crippen LogP contribution in [-0.2, 0) is 6.54 Å². The molecule has 1 N–H and O–H groups in total. The molecule has 2 aromatic carbocycles. The molecule has 3 aromatic rings. The zero-order valence-electron chi connectivity index (χ0n) is 11.9. The number of nitrogens with zero attached hydrogens (tertiary/aromatic N) is 3. The van der Waals surface area contributed by atoms with Crippen LogP contribution >= 0.6 is 15.9 Å². The molecule has 0 atom stereocenters. The van der Waals surface area contributed by atoms with E-state index in [-0.39, 0.29) is 0 Å². The first-order valence-corrected chi connectivity index (χ1v) is 7.88. The summed E-state index contributed by atoms with van der Waals surface area (Å²) in [7, 11) is 0. The third kappa shape index (κ3) is 2.99. The Balaban J connectivity index is 1.96. The van der Waals surface area contributed by atoms with Crippen molar-refractivity contribution in [2.75, 3.05) is 6.54 Å². The van der Waals surface area contributed by atoms with Gasteiger partial charge in [0.1, 0.15) is 0 Å². The highest BCUT2D eigenvalue weighted by molar-refractivity contribution is 9.10. The van der Waals surface area contributed by atoms with Crippen molar-refractivity contribution >= 4 is 26.7 Å². The van der Waals surface area contributed by atoms with Gasteiger partial charge >= 0.3 is 0 Å². The molecule has 0 aliphatic rings. The summed E-state index contributed by atoms with van der Waals surface area (Å²) in [6, 6.07) is 12.4. The first-order valence-electron chi connectivity index (χ1n) is 7.09. The zero-order chi connectivity index (χ0) is 14.7. The number of halogens is 1. The van der Waals surface area contributed by atoms with Crippen LogP contribution in [0, 0.1) is 0 Å². The van der Waals surface area contributed by atoms with E-state index >= 15 is 0 Å². The fraction of sp³-hybridized carbons (Fsp3) is 0.250. The van der Waals surface area contributed by atoms with Gasteiger partial charge in [-0.15, -0.1) is 5.10 Å². The summed E-state index contributed by atoms with van der Waals surface area (Å²) in [6.45, 7) is 3.90. The lowest BCUT2D eigenvalue weighted by atomic mass is 10.1. The molecular weight excluding hydrogens is 328 g/mol. The molecule has 5 heteroatoms. The van der Waals surface area contributed by atoms with E-state index in [0.29, 0.717) is 0 Å². The Morgan fingerprint density at radius 3 is 2.76 bits per heavy atom. The maximum Gasteiger partial charge on any atom is 0.0969 e. The van der Waals surface area contributed by atoms with Gasteiger partial charge in [0, 0.05) is 16.4 Å². The standard InChI is InChI=1S/C16H17BrN4/c1-2-9-18-10-12-11-21(20-19-12)16-8-7-15(17)13-5-3-4-6-14(13)16/h3-8,11,18H,2,9-10H2,1H3.